The molecule has 0 saturated heterocycles. The molecule has 0 aromatic heterocycles. The molecule has 0 aromatic carbocycles. The van der Waals surface area contributed by atoms with Crippen LogP contribution < -0.4 is 0 Å². The number of hydrogen-bond acceptors (Lipinski definition) is 2. The second-order valence-electron chi connectivity index (χ2n) is 3.62. The summed E-state index contributed by atoms with van der Waals surface area (Å²) in [5.41, 5.74) is 1.11. The molecule has 0 fully saturated rings. The van der Waals surface area contributed by atoms with E-state index in [9.17, 15) is 0 Å². The molecule has 0 heterocycles. The van der Waals surface area contributed by atoms with Crippen molar-refractivity contribution in [2.24, 2.45) is 11.8 Å². The van der Waals surface area contributed by atoms with Crippen molar-refractivity contribution in [2.45, 2.75) is 20.8 Å². The van der Waals surface area contributed by atoms with Crippen LogP contribution >= 0.6 is 0 Å². The molecule has 0 radical (unpaired) electrons. The summed E-state index contributed by atoms with van der Waals surface area (Å²) in [7, 11) is 0. The molecule has 0 aliphatic heterocycles. The Kier molecular flexibility index (Phi) is 6.03. The third-order valence-electron chi connectivity index (χ3n) is 1.82. The van der Waals surface area contributed by atoms with Crippen molar-refractivity contribution in [3.05, 3.63) is 12.2 Å². The SMILES string of the molecule is C=C(COC[C@H](C)CO)C(C)C. The van der Waals surface area contributed by atoms with E-state index in [4.69, 9.17) is 9.84 Å². The molecule has 0 bridgehead atoms. The fourth-order valence-corrected chi connectivity index (χ4v) is 0.611. The number of ether oxygens (including phenoxy) is 1. The molecule has 2 heteroatoms. The van der Waals surface area contributed by atoms with Gasteiger partial charge in [-0.15, -0.1) is 0 Å². The van der Waals surface area contributed by atoms with E-state index in [2.05, 4.69) is 20.4 Å². The summed E-state index contributed by atoms with van der Waals surface area (Å²) >= 11 is 0. The van der Waals surface area contributed by atoms with E-state index < -0.39 is 0 Å². The van der Waals surface area contributed by atoms with Crippen LogP contribution in [0.3, 0.4) is 0 Å². The second-order valence-corrected chi connectivity index (χ2v) is 3.62. The minimum absolute atomic E-state index is 0.189. The van der Waals surface area contributed by atoms with Gasteiger partial charge < -0.3 is 9.84 Å². The minimum Gasteiger partial charge on any atom is -0.396 e. The van der Waals surface area contributed by atoms with Gasteiger partial charge in [0.25, 0.3) is 0 Å². The Hall–Kier alpha value is -0.340. The Balaban J connectivity index is 3.37. The normalized spacial score (nSPS) is 13.4. The highest BCUT2D eigenvalue weighted by molar-refractivity contribution is 4.97. The summed E-state index contributed by atoms with van der Waals surface area (Å²) in [5, 5.41) is 8.71. The minimum atomic E-state index is 0.189. The number of hydrogen-bond donors (Lipinski definition) is 1. The first-order valence-electron chi connectivity index (χ1n) is 4.44. The molecule has 2 nitrogen and oxygen atoms in total. The average Bonchev–Trinajstić information content (AvgIpc) is 2.03. The fourth-order valence-electron chi connectivity index (χ4n) is 0.611. The van der Waals surface area contributed by atoms with Crippen LogP contribution in [0.25, 0.3) is 0 Å². The molecular formula is C10H20O2. The first-order valence-corrected chi connectivity index (χ1v) is 4.44. The predicted molar refractivity (Wildman–Crippen MR) is 51.0 cm³/mol. The van der Waals surface area contributed by atoms with Gasteiger partial charge in [0.1, 0.15) is 0 Å². The van der Waals surface area contributed by atoms with Crippen LogP contribution in [-0.2, 0) is 4.74 Å². The van der Waals surface area contributed by atoms with Crippen LogP contribution in [0.2, 0.25) is 0 Å². The van der Waals surface area contributed by atoms with E-state index >= 15 is 0 Å². The standard InChI is InChI=1S/C10H20O2/c1-8(2)10(4)7-12-6-9(3)5-11/h8-9,11H,4-7H2,1-3H3/t9-/m1/s1. The Bertz CT molecular complexity index is 130. The zero-order chi connectivity index (χ0) is 9.56. The Morgan fingerprint density at radius 1 is 1.42 bits per heavy atom. The lowest BCUT2D eigenvalue weighted by Crippen LogP contribution is -2.12. The van der Waals surface area contributed by atoms with E-state index in [-0.39, 0.29) is 12.5 Å². The van der Waals surface area contributed by atoms with Gasteiger partial charge in [-0.1, -0.05) is 27.4 Å². The van der Waals surface area contributed by atoms with Gasteiger partial charge in [0.2, 0.25) is 0 Å². The topological polar surface area (TPSA) is 29.5 Å². The lowest BCUT2D eigenvalue weighted by Gasteiger charge is -2.12. The highest BCUT2D eigenvalue weighted by Gasteiger charge is 2.02. The molecule has 72 valence electrons. The van der Waals surface area contributed by atoms with E-state index in [1.807, 2.05) is 6.92 Å². The molecule has 0 aliphatic carbocycles. The molecule has 12 heavy (non-hydrogen) atoms. The molecule has 0 aliphatic rings. The summed E-state index contributed by atoms with van der Waals surface area (Å²) in [4.78, 5) is 0. The van der Waals surface area contributed by atoms with Gasteiger partial charge in [-0.05, 0) is 11.5 Å². The van der Waals surface area contributed by atoms with Gasteiger partial charge in [0.05, 0.1) is 13.2 Å². The molecule has 0 aromatic rings. The third-order valence-corrected chi connectivity index (χ3v) is 1.82. The van der Waals surface area contributed by atoms with Gasteiger partial charge in [-0.2, -0.15) is 0 Å². The molecule has 0 rings (SSSR count). The predicted octanol–water partition coefficient (Wildman–Crippen LogP) is 1.84. The maximum absolute atomic E-state index is 8.71. The smallest absolute Gasteiger partial charge is 0.0676 e. The second kappa shape index (κ2) is 6.21. The summed E-state index contributed by atoms with van der Waals surface area (Å²) in [6, 6.07) is 0. The molecule has 0 saturated carbocycles. The summed E-state index contributed by atoms with van der Waals surface area (Å²) < 4.78 is 5.35. The number of aliphatic hydroxyl groups excluding tert-OH is 1. The highest BCUT2D eigenvalue weighted by atomic mass is 16.5. The van der Waals surface area contributed by atoms with Crippen molar-refractivity contribution in [3.8, 4) is 0 Å². The first kappa shape index (κ1) is 11.7. The number of aliphatic hydroxyl groups is 1. The van der Waals surface area contributed by atoms with Crippen molar-refractivity contribution in [2.75, 3.05) is 19.8 Å². The molecule has 0 spiro atoms. The van der Waals surface area contributed by atoms with Gasteiger partial charge in [-0.25, -0.2) is 0 Å². The lowest BCUT2D eigenvalue weighted by atomic mass is 10.1. The maximum atomic E-state index is 8.71. The van der Waals surface area contributed by atoms with Crippen LogP contribution in [0.4, 0.5) is 0 Å². The zero-order valence-electron chi connectivity index (χ0n) is 8.34. The fraction of sp³-hybridized carbons (Fsp3) is 0.800. The third kappa shape index (κ3) is 5.33. The van der Waals surface area contributed by atoms with E-state index in [0.717, 1.165) is 5.57 Å². The summed E-state index contributed by atoms with van der Waals surface area (Å²) in [6.07, 6.45) is 0. The molecular weight excluding hydrogens is 152 g/mol. The maximum Gasteiger partial charge on any atom is 0.0676 e. The van der Waals surface area contributed by atoms with Gasteiger partial charge in [0.15, 0.2) is 0 Å². The van der Waals surface area contributed by atoms with Gasteiger partial charge in [0, 0.05) is 12.5 Å². The summed E-state index contributed by atoms with van der Waals surface area (Å²) in [6.45, 7) is 11.5. The molecule has 0 amide bonds. The van der Waals surface area contributed by atoms with Crippen molar-refractivity contribution >= 4 is 0 Å². The molecule has 1 atom stereocenters. The van der Waals surface area contributed by atoms with E-state index in [1.165, 1.54) is 0 Å². The Morgan fingerprint density at radius 2 is 2.00 bits per heavy atom. The monoisotopic (exact) mass is 172 g/mol. The van der Waals surface area contributed by atoms with Crippen molar-refractivity contribution in [1.29, 1.82) is 0 Å². The van der Waals surface area contributed by atoms with Crippen LogP contribution in [0, 0.1) is 11.8 Å². The van der Waals surface area contributed by atoms with Gasteiger partial charge >= 0.3 is 0 Å². The lowest BCUT2D eigenvalue weighted by molar-refractivity contribution is 0.0913. The van der Waals surface area contributed by atoms with Crippen molar-refractivity contribution in [1.82, 2.24) is 0 Å². The highest BCUT2D eigenvalue weighted by Crippen LogP contribution is 2.07. The Morgan fingerprint density at radius 3 is 2.42 bits per heavy atom. The average molecular weight is 172 g/mol. The number of rotatable bonds is 6. The summed E-state index contributed by atoms with van der Waals surface area (Å²) in [5.74, 6) is 0.708. The Labute approximate surface area is 75.2 Å². The van der Waals surface area contributed by atoms with Gasteiger partial charge in [-0.3, -0.25) is 0 Å². The molecule has 1 N–H and O–H groups in total. The van der Waals surface area contributed by atoms with Crippen molar-refractivity contribution < 1.29 is 9.84 Å². The largest absolute Gasteiger partial charge is 0.396 e. The van der Waals surface area contributed by atoms with Crippen LogP contribution in [0.15, 0.2) is 12.2 Å². The quantitative estimate of drug-likeness (QED) is 0.619. The van der Waals surface area contributed by atoms with Crippen molar-refractivity contribution in [3.63, 3.8) is 0 Å². The zero-order valence-corrected chi connectivity index (χ0v) is 8.34. The van der Waals surface area contributed by atoms with E-state index in [1.54, 1.807) is 0 Å². The van der Waals surface area contributed by atoms with E-state index in [0.29, 0.717) is 19.1 Å². The molecule has 0 unspecified atom stereocenters. The van der Waals surface area contributed by atoms with Crippen LogP contribution in [0.5, 0.6) is 0 Å². The van der Waals surface area contributed by atoms with Crippen LogP contribution in [-0.4, -0.2) is 24.9 Å². The first-order chi connectivity index (χ1) is 5.57. The van der Waals surface area contributed by atoms with Crippen LogP contribution in [0.1, 0.15) is 20.8 Å².